The van der Waals surface area contributed by atoms with E-state index in [1.807, 2.05) is 0 Å². The molecule has 1 aromatic rings. The van der Waals surface area contributed by atoms with Crippen molar-refractivity contribution in [2.45, 2.75) is 161 Å². The third-order valence-electron chi connectivity index (χ3n) is 9.62. The van der Waals surface area contributed by atoms with Crippen LogP contribution in [-0.4, -0.2) is 4.98 Å². The molecule has 0 atom stereocenters. The second kappa shape index (κ2) is 17.2. The molecule has 2 aliphatic rings. The highest BCUT2D eigenvalue weighted by atomic mass is 14.7. The third-order valence-corrected chi connectivity index (χ3v) is 9.62. The van der Waals surface area contributed by atoms with Gasteiger partial charge >= 0.3 is 0 Å². The lowest BCUT2D eigenvalue weighted by Gasteiger charge is -2.38. The van der Waals surface area contributed by atoms with E-state index < -0.39 is 0 Å². The number of aryl methyl sites for hydroxylation is 1. The number of nitrogens with zero attached hydrogens (tertiary/aromatic N) is 2. The van der Waals surface area contributed by atoms with E-state index in [0.29, 0.717) is 11.6 Å². The molecule has 1 aromatic heterocycles. The first kappa shape index (κ1) is 29.2. The van der Waals surface area contributed by atoms with E-state index in [-0.39, 0.29) is 0 Å². The van der Waals surface area contributed by atoms with Crippen molar-refractivity contribution in [3.8, 4) is 6.07 Å². The zero-order valence-corrected chi connectivity index (χ0v) is 23.9. The topological polar surface area (TPSA) is 36.7 Å². The van der Waals surface area contributed by atoms with E-state index in [4.69, 9.17) is 4.98 Å². The molecule has 2 heteroatoms. The van der Waals surface area contributed by atoms with Crippen LogP contribution in [0.1, 0.15) is 172 Å². The number of pyridine rings is 1. The summed E-state index contributed by atoms with van der Waals surface area (Å²) in [6.07, 6.45) is 30.1. The predicted octanol–water partition coefficient (Wildman–Crippen LogP) is 10.7. The van der Waals surface area contributed by atoms with Gasteiger partial charge in [-0.25, -0.2) is 4.98 Å². The van der Waals surface area contributed by atoms with Gasteiger partial charge in [-0.1, -0.05) is 110 Å². The second-order valence-electron chi connectivity index (χ2n) is 12.3. The lowest BCUT2D eigenvalue weighted by molar-refractivity contribution is 0.155. The van der Waals surface area contributed by atoms with Crippen molar-refractivity contribution >= 4 is 0 Å². The molecule has 0 saturated heterocycles. The predicted molar refractivity (Wildman–Crippen MR) is 154 cm³/mol. The zero-order chi connectivity index (χ0) is 25.4. The Hall–Kier alpha value is -1.36. The normalized spacial score (nSPS) is 24.5. The summed E-state index contributed by atoms with van der Waals surface area (Å²) in [6.45, 7) is 4.58. The van der Waals surface area contributed by atoms with E-state index in [1.165, 1.54) is 146 Å². The zero-order valence-electron chi connectivity index (χ0n) is 23.9. The van der Waals surface area contributed by atoms with Crippen LogP contribution in [0.2, 0.25) is 0 Å². The van der Waals surface area contributed by atoms with Gasteiger partial charge in [0.1, 0.15) is 11.8 Å². The van der Waals surface area contributed by atoms with Crippen LogP contribution in [0.15, 0.2) is 12.1 Å². The van der Waals surface area contributed by atoms with Gasteiger partial charge in [-0.15, -0.1) is 0 Å². The van der Waals surface area contributed by atoms with Crippen LogP contribution in [0.25, 0.3) is 0 Å². The Morgan fingerprint density at radius 3 is 1.86 bits per heavy atom. The van der Waals surface area contributed by atoms with Crippen molar-refractivity contribution in [3.63, 3.8) is 0 Å². The van der Waals surface area contributed by atoms with Crippen LogP contribution in [0.4, 0.5) is 0 Å². The summed E-state index contributed by atoms with van der Waals surface area (Å²) >= 11 is 0. The third kappa shape index (κ3) is 9.84. The van der Waals surface area contributed by atoms with Crippen LogP contribution in [0, 0.1) is 29.1 Å². The van der Waals surface area contributed by atoms with Gasteiger partial charge in [-0.2, -0.15) is 5.26 Å². The summed E-state index contributed by atoms with van der Waals surface area (Å²) in [4.78, 5) is 4.89. The molecule has 36 heavy (non-hydrogen) atoms. The quantitative estimate of drug-likeness (QED) is 0.215. The van der Waals surface area contributed by atoms with Crippen molar-refractivity contribution in [2.75, 3.05) is 0 Å². The Balaban J connectivity index is 1.36. The monoisotopic (exact) mass is 492 g/mol. The van der Waals surface area contributed by atoms with Crippen LogP contribution in [-0.2, 0) is 6.42 Å². The molecular weight excluding hydrogens is 436 g/mol. The Labute approximate surface area is 224 Å². The van der Waals surface area contributed by atoms with E-state index in [9.17, 15) is 5.26 Å². The van der Waals surface area contributed by atoms with Crippen molar-refractivity contribution < 1.29 is 0 Å². The summed E-state index contributed by atoms with van der Waals surface area (Å²) < 4.78 is 0. The number of hydrogen-bond donors (Lipinski definition) is 0. The Kier molecular flexibility index (Phi) is 14.0. The molecule has 2 saturated carbocycles. The fourth-order valence-corrected chi connectivity index (χ4v) is 7.17. The van der Waals surface area contributed by atoms with E-state index in [1.54, 1.807) is 0 Å². The molecule has 0 N–H and O–H groups in total. The number of hydrogen-bond acceptors (Lipinski definition) is 2. The van der Waals surface area contributed by atoms with Gasteiger partial charge in [0.05, 0.1) is 0 Å². The number of nitriles is 1. The summed E-state index contributed by atoms with van der Waals surface area (Å²) in [6, 6.07) is 6.91. The molecule has 2 aliphatic carbocycles. The van der Waals surface area contributed by atoms with Crippen molar-refractivity contribution in [1.82, 2.24) is 4.98 Å². The summed E-state index contributed by atoms with van der Waals surface area (Å²) in [5.41, 5.74) is 3.07. The first-order valence-corrected chi connectivity index (χ1v) is 16.1. The van der Waals surface area contributed by atoms with Gasteiger partial charge in [0, 0.05) is 11.6 Å². The standard InChI is InChI=1S/C34H56N2/c1-3-5-7-9-10-12-14-16-31-25-26-33(36-34(31)27-35)32-23-21-30(22-24-32)29-19-17-28(18-20-29)15-13-11-8-6-4-2/h25-26,28-30,32H,3-24H2,1-2H3. The molecule has 0 unspecified atom stereocenters. The smallest absolute Gasteiger partial charge is 0.143 e. The van der Waals surface area contributed by atoms with Gasteiger partial charge in [0.15, 0.2) is 0 Å². The lowest BCUT2D eigenvalue weighted by Crippen LogP contribution is -2.25. The number of unbranched alkanes of at least 4 members (excludes halogenated alkanes) is 10. The average molecular weight is 493 g/mol. The summed E-state index contributed by atoms with van der Waals surface area (Å²) in [5.74, 6) is 3.51. The van der Waals surface area contributed by atoms with E-state index in [0.717, 1.165) is 24.2 Å². The molecule has 0 amide bonds. The van der Waals surface area contributed by atoms with E-state index >= 15 is 0 Å². The van der Waals surface area contributed by atoms with Gasteiger partial charge in [-0.05, 0) is 80.8 Å². The Morgan fingerprint density at radius 1 is 0.694 bits per heavy atom. The molecule has 0 radical (unpaired) electrons. The van der Waals surface area contributed by atoms with Gasteiger partial charge < -0.3 is 0 Å². The Bertz CT molecular complexity index is 747. The highest BCUT2D eigenvalue weighted by Gasteiger charge is 2.31. The highest BCUT2D eigenvalue weighted by molar-refractivity contribution is 5.33. The molecular formula is C34H56N2. The van der Waals surface area contributed by atoms with Gasteiger partial charge in [-0.3, -0.25) is 0 Å². The molecule has 2 fully saturated rings. The van der Waals surface area contributed by atoms with Crippen LogP contribution in [0.3, 0.4) is 0 Å². The number of rotatable bonds is 16. The molecule has 1 heterocycles. The maximum absolute atomic E-state index is 9.75. The molecule has 0 aromatic carbocycles. The van der Waals surface area contributed by atoms with Crippen LogP contribution in [0.5, 0.6) is 0 Å². The highest BCUT2D eigenvalue weighted by Crippen LogP contribution is 2.44. The minimum absolute atomic E-state index is 0.570. The van der Waals surface area contributed by atoms with Gasteiger partial charge in [0.2, 0.25) is 0 Å². The number of aromatic nitrogens is 1. The van der Waals surface area contributed by atoms with Crippen molar-refractivity contribution in [2.24, 2.45) is 17.8 Å². The SMILES string of the molecule is CCCCCCCCCc1ccc(C2CCC(C3CCC(CCCCCCC)CC3)CC2)nc1C#N. The molecule has 3 rings (SSSR count). The molecule has 2 nitrogen and oxygen atoms in total. The van der Waals surface area contributed by atoms with Crippen LogP contribution < -0.4 is 0 Å². The Morgan fingerprint density at radius 2 is 1.25 bits per heavy atom. The molecule has 0 spiro atoms. The fraction of sp³-hybridized carbons (Fsp3) is 0.824. The first-order chi connectivity index (χ1) is 17.7. The molecule has 202 valence electrons. The maximum atomic E-state index is 9.75. The average Bonchev–Trinajstić information content (AvgIpc) is 2.93. The minimum atomic E-state index is 0.570. The molecule has 0 bridgehead atoms. The van der Waals surface area contributed by atoms with Crippen molar-refractivity contribution in [1.29, 1.82) is 5.26 Å². The minimum Gasteiger partial charge on any atom is -0.242 e. The largest absolute Gasteiger partial charge is 0.242 e. The second-order valence-corrected chi connectivity index (χ2v) is 12.3. The summed E-state index contributed by atoms with van der Waals surface area (Å²) in [5, 5.41) is 9.75. The summed E-state index contributed by atoms with van der Waals surface area (Å²) in [7, 11) is 0. The van der Waals surface area contributed by atoms with E-state index in [2.05, 4.69) is 32.0 Å². The van der Waals surface area contributed by atoms with Crippen molar-refractivity contribution in [3.05, 3.63) is 29.1 Å². The lowest BCUT2D eigenvalue weighted by atomic mass is 9.68. The fourth-order valence-electron chi connectivity index (χ4n) is 7.17. The molecule has 0 aliphatic heterocycles. The van der Waals surface area contributed by atoms with Gasteiger partial charge in [0.25, 0.3) is 0 Å². The maximum Gasteiger partial charge on any atom is 0.143 e. The first-order valence-electron chi connectivity index (χ1n) is 16.1. The van der Waals surface area contributed by atoms with Crippen LogP contribution >= 0.6 is 0 Å².